The van der Waals surface area contributed by atoms with Gasteiger partial charge in [-0.15, -0.1) is 5.10 Å². The summed E-state index contributed by atoms with van der Waals surface area (Å²) in [7, 11) is 3.91. The molecule has 6 heteroatoms. The number of aromatic nitrogens is 5. The van der Waals surface area contributed by atoms with Gasteiger partial charge >= 0.3 is 0 Å². The van der Waals surface area contributed by atoms with Crippen LogP contribution in [0.1, 0.15) is 5.82 Å². The lowest BCUT2D eigenvalue weighted by Gasteiger charge is -2.16. The Balaban J connectivity index is 1.65. The Morgan fingerprint density at radius 1 is 1.08 bits per heavy atom. The summed E-state index contributed by atoms with van der Waals surface area (Å²) < 4.78 is 1.98. The summed E-state index contributed by atoms with van der Waals surface area (Å²) in [5.74, 6) is 1.52. The van der Waals surface area contributed by atoms with Gasteiger partial charge in [0.05, 0.1) is 18.4 Å². The molecule has 2 aromatic heterocycles. The van der Waals surface area contributed by atoms with Crippen molar-refractivity contribution in [2.45, 2.75) is 6.54 Å². The van der Waals surface area contributed by atoms with E-state index in [1.807, 2.05) is 41.9 Å². The molecule has 0 aliphatic rings. The first-order valence-corrected chi connectivity index (χ1v) is 8.07. The fourth-order valence-corrected chi connectivity index (χ4v) is 2.78. The SMILES string of the molecule is CN(Cc1nccn1C)c1nncc(-c2ccc3ccccc3c2)n1. The van der Waals surface area contributed by atoms with E-state index in [1.165, 1.54) is 10.8 Å². The van der Waals surface area contributed by atoms with Crippen molar-refractivity contribution in [2.24, 2.45) is 7.05 Å². The Labute approximate surface area is 145 Å². The van der Waals surface area contributed by atoms with Gasteiger partial charge < -0.3 is 9.47 Å². The molecule has 2 aromatic carbocycles. The van der Waals surface area contributed by atoms with E-state index in [0.29, 0.717) is 12.5 Å². The second-order valence-corrected chi connectivity index (χ2v) is 6.01. The zero-order chi connectivity index (χ0) is 17.2. The van der Waals surface area contributed by atoms with Crippen molar-refractivity contribution in [1.82, 2.24) is 24.7 Å². The van der Waals surface area contributed by atoms with Gasteiger partial charge in [0.25, 0.3) is 0 Å². The van der Waals surface area contributed by atoms with E-state index >= 15 is 0 Å². The second kappa shape index (κ2) is 6.32. The highest BCUT2D eigenvalue weighted by molar-refractivity contribution is 5.86. The molecular formula is C19H18N6. The number of rotatable bonds is 4. The summed E-state index contributed by atoms with van der Waals surface area (Å²) in [5.41, 5.74) is 1.84. The topological polar surface area (TPSA) is 59.7 Å². The minimum atomic E-state index is 0.577. The lowest BCUT2D eigenvalue weighted by Crippen LogP contribution is -2.21. The van der Waals surface area contributed by atoms with E-state index in [1.54, 1.807) is 12.4 Å². The van der Waals surface area contributed by atoms with Crippen LogP contribution in [0.3, 0.4) is 0 Å². The van der Waals surface area contributed by atoms with Gasteiger partial charge in [0.1, 0.15) is 5.82 Å². The largest absolute Gasteiger partial charge is 0.337 e. The Kier molecular flexibility index (Phi) is 3.85. The molecule has 0 aliphatic heterocycles. The molecule has 0 amide bonds. The van der Waals surface area contributed by atoms with Gasteiger partial charge in [0.15, 0.2) is 0 Å². The van der Waals surface area contributed by atoms with Crippen LogP contribution in [0.2, 0.25) is 0 Å². The van der Waals surface area contributed by atoms with Crippen LogP contribution < -0.4 is 4.90 Å². The quantitative estimate of drug-likeness (QED) is 0.575. The third-order valence-electron chi connectivity index (χ3n) is 4.23. The van der Waals surface area contributed by atoms with E-state index in [9.17, 15) is 0 Å². The molecule has 0 unspecified atom stereocenters. The van der Waals surface area contributed by atoms with Gasteiger partial charge in [-0.1, -0.05) is 36.4 Å². The summed E-state index contributed by atoms with van der Waals surface area (Å²) in [6.45, 7) is 0.617. The zero-order valence-electron chi connectivity index (χ0n) is 14.2. The van der Waals surface area contributed by atoms with E-state index in [2.05, 4.69) is 50.5 Å². The van der Waals surface area contributed by atoms with Gasteiger partial charge in [0, 0.05) is 32.1 Å². The third kappa shape index (κ3) is 3.06. The number of benzene rings is 2. The predicted octanol–water partition coefficient (Wildman–Crippen LogP) is 3.06. The number of imidazole rings is 1. The first kappa shape index (κ1) is 15.3. The summed E-state index contributed by atoms with van der Waals surface area (Å²) in [6, 6.07) is 14.6. The molecular weight excluding hydrogens is 312 g/mol. The molecule has 0 spiro atoms. The summed E-state index contributed by atoms with van der Waals surface area (Å²) >= 11 is 0. The highest BCUT2D eigenvalue weighted by Gasteiger charge is 2.11. The molecule has 0 fully saturated rings. The van der Waals surface area contributed by atoms with Crippen molar-refractivity contribution in [3.63, 3.8) is 0 Å². The highest BCUT2D eigenvalue weighted by Crippen LogP contribution is 2.23. The molecule has 25 heavy (non-hydrogen) atoms. The molecule has 2 heterocycles. The molecule has 124 valence electrons. The molecule has 0 saturated heterocycles. The molecule has 0 atom stereocenters. The maximum absolute atomic E-state index is 4.68. The molecule has 0 radical (unpaired) electrons. The average molecular weight is 330 g/mol. The van der Waals surface area contributed by atoms with Crippen LogP contribution in [0.5, 0.6) is 0 Å². The van der Waals surface area contributed by atoms with Gasteiger partial charge in [0.2, 0.25) is 5.95 Å². The van der Waals surface area contributed by atoms with Crippen LogP contribution in [-0.4, -0.2) is 31.8 Å². The van der Waals surface area contributed by atoms with Gasteiger partial charge in [-0.05, 0) is 16.8 Å². The highest BCUT2D eigenvalue weighted by atomic mass is 15.3. The van der Waals surface area contributed by atoms with Crippen LogP contribution in [0, 0.1) is 0 Å². The number of anilines is 1. The molecule has 0 bridgehead atoms. The fraction of sp³-hybridized carbons (Fsp3) is 0.158. The van der Waals surface area contributed by atoms with E-state index in [0.717, 1.165) is 17.1 Å². The number of hydrogen-bond acceptors (Lipinski definition) is 5. The monoisotopic (exact) mass is 330 g/mol. The molecule has 4 aromatic rings. The average Bonchev–Trinajstić information content (AvgIpc) is 3.06. The van der Waals surface area contributed by atoms with E-state index in [-0.39, 0.29) is 0 Å². The molecule has 0 aliphatic carbocycles. The first-order valence-electron chi connectivity index (χ1n) is 8.07. The Bertz CT molecular complexity index is 1020. The Morgan fingerprint density at radius 2 is 1.92 bits per heavy atom. The van der Waals surface area contributed by atoms with E-state index in [4.69, 9.17) is 0 Å². The lowest BCUT2D eigenvalue weighted by molar-refractivity contribution is 0.739. The van der Waals surface area contributed by atoms with Gasteiger partial charge in [-0.2, -0.15) is 5.10 Å². The van der Waals surface area contributed by atoms with Crippen molar-refractivity contribution in [2.75, 3.05) is 11.9 Å². The summed E-state index contributed by atoms with van der Waals surface area (Å²) in [4.78, 5) is 11.0. The fourth-order valence-electron chi connectivity index (χ4n) is 2.78. The van der Waals surface area contributed by atoms with Crippen molar-refractivity contribution in [1.29, 1.82) is 0 Å². The minimum absolute atomic E-state index is 0.577. The maximum Gasteiger partial charge on any atom is 0.246 e. The standard InChI is InChI=1S/C19H18N6/c1-24-10-9-20-18(24)13-25(2)19-22-17(12-21-23-19)16-8-7-14-5-3-4-6-15(14)11-16/h3-12H,13H2,1-2H3. The van der Waals surface area contributed by atoms with Crippen LogP contribution in [0.15, 0.2) is 61.1 Å². The smallest absolute Gasteiger partial charge is 0.246 e. The first-order chi connectivity index (χ1) is 12.2. The van der Waals surface area contributed by atoms with Crippen molar-refractivity contribution < 1.29 is 0 Å². The second-order valence-electron chi connectivity index (χ2n) is 6.01. The van der Waals surface area contributed by atoms with Crippen molar-refractivity contribution in [3.8, 4) is 11.3 Å². The third-order valence-corrected chi connectivity index (χ3v) is 4.23. The molecule has 4 rings (SSSR count). The summed E-state index contributed by atoms with van der Waals surface area (Å²) in [5, 5.41) is 10.7. The lowest BCUT2D eigenvalue weighted by atomic mass is 10.1. The van der Waals surface area contributed by atoms with Crippen LogP contribution in [0.4, 0.5) is 5.95 Å². The van der Waals surface area contributed by atoms with Crippen LogP contribution in [-0.2, 0) is 13.6 Å². The number of fused-ring (bicyclic) bond motifs is 1. The minimum Gasteiger partial charge on any atom is -0.337 e. The normalized spacial score (nSPS) is 11.0. The summed E-state index contributed by atoms with van der Waals surface area (Å²) in [6.07, 6.45) is 5.41. The number of nitrogens with zero attached hydrogens (tertiary/aromatic N) is 6. The van der Waals surface area contributed by atoms with E-state index < -0.39 is 0 Å². The molecule has 6 nitrogen and oxygen atoms in total. The Hall–Kier alpha value is -3.28. The molecule has 0 saturated carbocycles. The van der Waals surface area contributed by atoms with Gasteiger partial charge in [-0.3, -0.25) is 0 Å². The predicted molar refractivity (Wildman–Crippen MR) is 98.1 cm³/mol. The molecule has 0 N–H and O–H groups in total. The zero-order valence-corrected chi connectivity index (χ0v) is 14.2. The van der Waals surface area contributed by atoms with Crippen molar-refractivity contribution >= 4 is 16.7 Å². The number of aryl methyl sites for hydroxylation is 1. The number of hydrogen-bond donors (Lipinski definition) is 0. The van der Waals surface area contributed by atoms with Crippen LogP contribution >= 0.6 is 0 Å². The van der Waals surface area contributed by atoms with Crippen molar-refractivity contribution in [3.05, 3.63) is 66.9 Å². The Morgan fingerprint density at radius 3 is 2.72 bits per heavy atom. The van der Waals surface area contributed by atoms with Crippen LogP contribution in [0.25, 0.3) is 22.0 Å². The van der Waals surface area contributed by atoms with Gasteiger partial charge in [-0.25, -0.2) is 9.97 Å². The maximum atomic E-state index is 4.68.